The number of alkyl halides is 1. The Morgan fingerprint density at radius 3 is 2.50 bits per heavy atom. The van der Waals surface area contributed by atoms with Crippen molar-refractivity contribution in [1.82, 2.24) is 0 Å². The van der Waals surface area contributed by atoms with Gasteiger partial charge in [0.25, 0.3) is 0 Å². The van der Waals surface area contributed by atoms with Crippen LogP contribution in [0.3, 0.4) is 0 Å². The lowest BCUT2D eigenvalue weighted by Crippen LogP contribution is -2.35. The highest BCUT2D eigenvalue weighted by molar-refractivity contribution is 5.57. The fourth-order valence-electron chi connectivity index (χ4n) is 2.59. The predicted octanol–water partition coefficient (Wildman–Crippen LogP) is 3.66. The number of carbonyl (C=O) groups excluding carboxylic acids is 1. The Hall–Kier alpha value is -0.400. The molecule has 2 heteroatoms. The summed E-state index contributed by atoms with van der Waals surface area (Å²) in [6, 6.07) is 0. The Bertz CT molecular complexity index is 173. The van der Waals surface area contributed by atoms with Gasteiger partial charge in [0.1, 0.15) is 0 Å². The second-order valence-corrected chi connectivity index (χ2v) is 4.56. The second-order valence-electron chi connectivity index (χ2n) is 4.56. The highest BCUT2D eigenvalue weighted by atomic mass is 19.1. The van der Waals surface area contributed by atoms with Crippen molar-refractivity contribution in [3.63, 3.8) is 0 Å². The third kappa shape index (κ3) is 2.55. The third-order valence-electron chi connectivity index (χ3n) is 3.58. The maximum atomic E-state index is 13.6. The van der Waals surface area contributed by atoms with Gasteiger partial charge >= 0.3 is 0 Å². The Kier molecular flexibility index (Phi) is 4.56. The van der Waals surface area contributed by atoms with Crippen LogP contribution >= 0.6 is 0 Å². The summed E-state index contributed by atoms with van der Waals surface area (Å²) in [5.74, 6) is 0. The normalized spacial score (nSPS) is 23.0. The summed E-state index contributed by atoms with van der Waals surface area (Å²) in [6.45, 7) is 2.12. The Morgan fingerprint density at radius 1 is 1.36 bits per heavy atom. The van der Waals surface area contributed by atoms with E-state index in [2.05, 4.69) is 6.92 Å². The van der Waals surface area contributed by atoms with Crippen LogP contribution in [0, 0.1) is 5.41 Å². The minimum atomic E-state index is -1.23. The smallest absolute Gasteiger partial charge is 0.161 e. The maximum absolute atomic E-state index is 13.6. The molecule has 1 rings (SSSR count). The molecule has 0 spiro atoms. The van der Waals surface area contributed by atoms with Gasteiger partial charge in [0.15, 0.2) is 12.5 Å². The van der Waals surface area contributed by atoms with Crippen LogP contribution in [0.1, 0.15) is 58.3 Å². The zero-order valence-electron chi connectivity index (χ0n) is 9.10. The number of halogens is 1. The van der Waals surface area contributed by atoms with Crippen LogP contribution in [0.25, 0.3) is 0 Å². The highest BCUT2D eigenvalue weighted by Gasteiger charge is 2.39. The molecule has 0 aromatic heterocycles. The van der Waals surface area contributed by atoms with Gasteiger partial charge in [0.2, 0.25) is 0 Å². The van der Waals surface area contributed by atoms with Gasteiger partial charge < -0.3 is 4.79 Å². The van der Waals surface area contributed by atoms with Crippen molar-refractivity contribution < 1.29 is 9.18 Å². The van der Waals surface area contributed by atoms with Crippen molar-refractivity contribution in [2.75, 3.05) is 0 Å². The number of hydrogen-bond acceptors (Lipinski definition) is 1. The molecule has 0 aromatic carbocycles. The van der Waals surface area contributed by atoms with Crippen LogP contribution in [0.4, 0.5) is 4.39 Å². The minimum absolute atomic E-state index is 0.296. The summed E-state index contributed by atoms with van der Waals surface area (Å²) in [5, 5.41) is 0. The molecular weight excluding hydrogens is 179 g/mol. The van der Waals surface area contributed by atoms with Gasteiger partial charge in [-0.2, -0.15) is 0 Å². The quantitative estimate of drug-likeness (QED) is 0.619. The first-order chi connectivity index (χ1) is 6.75. The standard InChI is InChI=1S/C12H21FO/c1-2-3-7-12(11(13)10-14)8-5-4-6-9-12/h10-11H,2-9H2,1H3. The molecule has 0 saturated heterocycles. The zero-order valence-corrected chi connectivity index (χ0v) is 9.10. The molecule has 1 unspecified atom stereocenters. The molecule has 82 valence electrons. The van der Waals surface area contributed by atoms with Gasteiger partial charge in [-0.3, -0.25) is 0 Å². The molecule has 1 aliphatic carbocycles. The largest absolute Gasteiger partial charge is 0.300 e. The number of hydrogen-bond donors (Lipinski definition) is 0. The summed E-state index contributed by atoms with van der Waals surface area (Å²) < 4.78 is 13.6. The first-order valence-corrected chi connectivity index (χ1v) is 5.84. The van der Waals surface area contributed by atoms with E-state index in [4.69, 9.17) is 0 Å². The van der Waals surface area contributed by atoms with E-state index in [0.29, 0.717) is 6.29 Å². The van der Waals surface area contributed by atoms with E-state index in [1.807, 2.05) is 0 Å². The number of carbonyl (C=O) groups is 1. The van der Waals surface area contributed by atoms with Crippen LogP contribution < -0.4 is 0 Å². The molecule has 1 nitrogen and oxygen atoms in total. The van der Waals surface area contributed by atoms with Crippen molar-refractivity contribution in [3.05, 3.63) is 0 Å². The SMILES string of the molecule is CCCCC1(C(F)C=O)CCCCC1. The fourth-order valence-corrected chi connectivity index (χ4v) is 2.59. The van der Waals surface area contributed by atoms with E-state index in [-0.39, 0.29) is 5.41 Å². The molecule has 0 amide bonds. The van der Waals surface area contributed by atoms with Gasteiger partial charge in [-0.05, 0) is 19.3 Å². The summed E-state index contributed by atoms with van der Waals surface area (Å²) in [5.41, 5.74) is -0.296. The highest BCUT2D eigenvalue weighted by Crippen LogP contribution is 2.44. The summed E-state index contributed by atoms with van der Waals surface area (Å²) in [6.07, 6.45) is 7.54. The molecule has 0 radical (unpaired) electrons. The van der Waals surface area contributed by atoms with Crippen LogP contribution in [-0.4, -0.2) is 12.5 Å². The predicted molar refractivity (Wildman–Crippen MR) is 56.0 cm³/mol. The fraction of sp³-hybridized carbons (Fsp3) is 0.917. The Labute approximate surface area is 86.1 Å². The molecule has 0 aromatic rings. The molecule has 0 bridgehead atoms. The van der Waals surface area contributed by atoms with E-state index < -0.39 is 6.17 Å². The van der Waals surface area contributed by atoms with E-state index in [0.717, 1.165) is 44.9 Å². The Balaban J connectivity index is 2.61. The van der Waals surface area contributed by atoms with Crippen LogP contribution in [0.5, 0.6) is 0 Å². The van der Waals surface area contributed by atoms with Gasteiger partial charge in [0, 0.05) is 5.41 Å². The van der Waals surface area contributed by atoms with Gasteiger partial charge in [-0.25, -0.2) is 4.39 Å². The van der Waals surface area contributed by atoms with Gasteiger partial charge in [-0.15, -0.1) is 0 Å². The van der Waals surface area contributed by atoms with Gasteiger partial charge in [0.05, 0.1) is 0 Å². The van der Waals surface area contributed by atoms with Crippen molar-refractivity contribution in [2.45, 2.75) is 64.5 Å². The lowest BCUT2D eigenvalue weighted by Gasteiger charge is -2.38. The van der Waals surface area contributed by atoms with Crippen LogP contribution in [0.2, 0.25) is 0 Å². The first-order valence-electron chi connectivity index (χ1n) is 5.84. The average Bonchev–Trinajstić information content (AvgIpc) is 2.26. The van der Waals surface area contributed by atoms with Gasteiger partial charge in [-0.1, -0.05) is 39.0 Å². The molecule has 1 atom stereocenters. The Morgan fingerprint density at radius 2 is 2.00 bits per heavy atom. The lowest BCUT2D eigenvalue weighted by atomic mass is 9.68. The van der Waals surface area contributed by atoms with Crippen LogP contribution in [0.15, 0.2) is 0 Å². The summed E-state index contributed by atoms with van der Waals surface area (Å²) in [4.78, 5) is 10.6. The molecule has 0 N–H and O–H groups in total. The molecular formula is C12H21FO. The van der Waals surface area contributed by atoms with Crippen molar-refractivity contribution in [2.24, 2.45) is 5.41 Å². The number of unbranched alkanes of at least 4 members (excludes halogenated alkanes) is 1. The zero-order chi connectivity index (χ0) is 10.4. The number of rotatable bonds is 5. The summed E-state index contributed by atoms with van der Waals surface area (Å²) in [7, 11) is 0. The van der Waals surface area contributed by atoms with Crippen LogP contribution in [-0.2, 0) is 4.79 Å². The molecule has 0 heterocycles. The average molecular weight is 200 g/mol. The van der Waals surface area contributed by atoms with E-state index in [1.165, 1.54) is 6.42 Å². The lowest BCUT2D eigenvalue weighted by molar-refractivity contribution is -0.117. The minimum Gasteiger partial charge on any atom is -0.300 e. The first kappa shape index (κ1) is 11.7. The molecule has 1 saturated carbocycles. The van der Waals surface area contributed by atoms with Crippen molar-refractivity contribution >= 4 is 6.29 Å². The summed E-state index contributed by atoms with van der Waals surface area (Å²) >= 11 is 0. The second kappa shape index (κ2) is 5.47. The van der Waals surface area contributed by atoms with E-state index >= 15 is 0 Å². The molecule has 14 heavy (non-hydrogen) atoms. The van der Waals surface area contributed by atoms with Crippen molar-refractivity contribution in [3.8, 4) is 0 Å². The topological polar surface area (TPSA) is 17.1 Å². The van der Waals surface area contributed by atoms with E-state index in [9.17, 15) is 9.18 Å². The van der Waals surface area contributed by atoms with Crippen molar-refractivity contribution in [1.29, 1.82) is 0 Å². The molecule has 1 fully saturated rings. The molecule has 0 aliphatic heterocycles. The third-order valence-corrected chi connectivity index (χ3v) is 3.58. The monoisotopic (exact) mass is 200 g/mol. The molecule has 1 aliphatic rings. The number of aldehydes is 1. The van der Waals surface area contributed by atoms with E-state index in [1.54, 1.807) is 0 Å². The maximum Gasteiger partial charge on any atom is 0.161 e.